The summed E-state index contributed by atoms with van der Waals surface area (Å²) in [7, 11) is 4.63. The number of thioether (sulfide) groups is 1. The minimum absolute atomic E-state index is 0.0427. The average Bonchev–Trinajstić information content (AvgIpc) is 2.88. The van der Waals surface area contributed by atoms with E-state index in [1.54, 1.807) is 26.2 Å². The van der Waals surface area contributed by atoms with Gasteiger partial charge in [0.15, 0.2) is 11.5 Å². The van der Waals surface area contributed by atoms with Crippen molar-refractivity contribution < 1.29 is 23.7 Å². The number of para-hydroxylation sites is 2. The molecule has 178 valence electrons. The summed E-state index contributed by atoms with van der Waals surface area (Å²) >= 11 is 1.48. The number of nitrogens with zero attached hydrogens (tertiary/aromatic N) is 3. The highest BCUT2D eigenvalue weighted by molar-refractivity contribution is 8.03. The van der Waals surface area contributed by atoms with Crippen molar-refractivity contribution in [3.05, 3.63) is 52.6 Å². The number of methoxy groups -OCH3 is 3. The highest BCUT2D eigenvalue weighted by Crippen LogP contribution is 2.47. The Bertz CT molecular complexity index is 1130. The number of rotatable bonds is 7. The van der Waals surface area contributed by atoms with Gasteiger partial charge in [0, 0.05) is 12.3 Å². The van der Waals surface area contributed by atoms with E-state index in [-0.39, 0.29) is 12.3 Å². The van der Waals surface area contributed by atoms with E-state index >= 15 is 0 Å². The minimum Gasteiger partial charge on any atom is -0.493 e. The molecule has 2 aliphatic heterocycles. The zero-order chi connectivity index (χ0) is 24.2. The standard InChI is InChI=1S/C25H27N3O5S/c1-5-33-20-9-7-6-8-19(20)27-14-28-23(29)12-17(18(13-26)25(28)34-15-27)16-10-21(30-2)24(32-4)22(11-16)31-3/h6-11,17H,5,12,14-15H2,1-4H3/t17-/m0/s1. The molecule has 0 radical (unpaired) electrons. The Hall–Kier alpha value is -3.51. The molecule has 0 bridgehead atoms. The van der Waals surface area contributed by atoms with Crippen molar-refractivity contribution >= 4 is 23.4 Å². The lowest BCUT2D eigenvalue weighted by atomic mass is 9.86. The molecule has 0 aliphatic carbocycles. The van der Waals surface area contributed by atoms with Gasteiger partial charge in [-0.15, -0.1) is 0 Å². The van der Waals surface area contributed by atoms with Crippen LogP contribution >= 0.6 is 11.8 Å². The van der Waals surface area contributed by atoms with Crippen molar-refractivity contribution in [3.8, 4) is 29.1 Å². The lowest BCUT2D eigenvalue weighted by Gasteiger charge is -2.42. The largest absolute Gasteiger partial charge is 0.493 e. The zero-order valence-corrected chi connectivity index (χ0v) is 20.5. The number of benzene rings is 2. The first-order valence-electron chi connectivity index (χ1n) is 10.9. The summed E-state index contributed by atoms with van der Waals surface area (Å²) in [6.07, 6.45) is 0.173. The SMILES string of the molecule is CCOc1ccccc1N1CSC2=C(C#N)[C@H](c3cc(OC)c(OC)c(OC)c3)CC(=O)N2C1. The third-order valence-corrected chi connectivity index (χ3v) is 7.04. The molecule has 0 saturated carbocycles. The van der Waals surface area contributed by atoms with Crippen LogP contribution in [0.4, 0.5) is 5.69 Å². The smallest absolute Gasteiger partial charge is 0.229 e. The van der Waals surface area contributed by atoms with Gasteiger partial charge in [-0.1, -0.05) is 23.9 Å². The molecular weight excluding hydrogens is 454 g/mol. The number of carbonyl (C=O) groups is 1. The van der Waals surface area contributed by atoms with E-state index in [0.717, 1.165) is 17.0 Å². The Morgan fingerprint density at radius 2 is 1.79 bits per heavy atom. The van der Waals surface area contributed by atoms with Gasteiger partial charge in [-0.05, 0) is 36.8 Å². The van der Waals surface area contributed by atoms with Crippen LogP contribution in [0.2, 0.25) is 0 Å². The molecule has 1 atom stereocenters. The average molecular weight is 482 g/mol. The van der Waals surface area contributed by atoms with Gasteiger partial charge in [0.25, 0.3) is 0 Å². The fraction of sp³-hybridized carbons (Fsp3) is 0.360. The third kappa shape index (κ3) is 4.21. The van der Waals surface area contributed by atoms with E-state index in [0.29, 0.717) is 47.0 Å². The summed E-state index contributed by atoms with van der Waals surface area (Å²) in [4.78, 5) is 17.1. The van der Waals surface area contributed by atoms with Crippen molar-refractivity contribution in [2.24, 2.45) is 0 Å². The number of carbonyl (C=O) groups excluding carboxylic acids is 1. The first kappa shape index (κ1) is 23.6. The van der Waals surface area contributed by atoms with Crippen molar-refractivity contribution in [1.82, 2.24) is 4.90 Å². The van der Waals surface area contributed by atoms with Gasteiger partial charge in [-0.2, -0.15) is 5.26 Å². The number of ether oxygens (including phenoxy) is 4. The molecule has 9 heteroatoms. The number of fused-ring (bicyclic) bond motifs is 1. The maximum atomic E-state index is 13.3. The Kier molecular flexibility index (Phi) is 7.08. The minimum atomic E-state index is -0.396. The van der Waals surface area contributed by atoms with Crippen LogP contribution in [-0.4, -0.2) is 51.3 Å². The number of nitriles is 1. The Morgan fingerprint density at radius 1 is 1.09 bits per heavy atom. The topological polar surface area (TPSA) is 84.3 Å². The summed E-state index contributed by atoms with van der Waals surface area (Å²) < 4.78 is 22.2. The molecule has 0 N–H and O–H groups in total. The van der Waals surface area contributed by atoms with Crippen LogP contribution in [0.5, 0.6) is 23.0 Å². The number of hydrogen-bond donors (Lipinski definition) is 0. The van der Waals surface area contributed by atoms with Crippen molar-refractivity contribution in [2.45, 2.75) is 19.3 Å². The second-order valence-corrected chi connectivity index (χ2v) is 8.66. The molecule has 8 nitrogen and oxygen atoms in total. The van der Waals surface area contributed by atoms with Crippen LogP contribution in [0.15, 0.2) is 47.0 Å². The maximum Gasteiger partial charge on any atom is 0.229 e. The van der Waals surface area contributed by atoms with Crippen LogP contribution in [0.25, 0.3) is 0 Å². The summed E-state index contributed by atoms with van der Waals surface area (Å²) in [5.41, 5.74) is 2.27. The van der Waals surface area contributed by atoms with Crippen molar-refractivity contribution in [3.63, 3.8) is 0 Å². The van der Waals surface area contributed by atoms with Gasteiger partial charge < -0.3 is 23.8 Å². The summed E-state index contributed by atoms with van der Waals surface area (Å²) in [5, 5.41) is 10.8. The molecule has 0 unspecified atom stereocenters. The molecule has 2 heterocycles. The van der Waals surface area contributed by atoms with Crippen molar-refractivity contribution in [2.75, 3.05) is 45.4 Å². The van der Waals surface area contributed by atoms with Gasteiger partial charge in [0.2, 0.25) is 11.7 Å². The monoisotopic (exact) mass is 481 g/mol. The Labute approximate surface area is 203 Å². The van der Waals surface area contributed by atoms with Crippen LogP contribution < -0.4 is 23.8 Å². The van der Waals surface area contributed by atoms with Crippen LogP contribution in [0.1, 0.15) is 24.8 Å². The molecule has 4 rings (SSSR count). The number of anilines is 1. The zero-order valence-electron chi connectivity index (χ0n) is 19.7. The fourth-order valence-corrected chi connectivity index (χ4v) is 5.46. The second-order valence-electron chi connectivity index (χ2n) is 7.72. The van der Waals surface area contributed by atoms with Gasteiger partial charge in [-0.25, -0.2) is 0 Å². The van der Waals surface area contributed by atoms with Gasteiger partial charge in [0.1, 0.15) is 5.75 Å². The quantitative estimate of drug-likeness (QED) is 0.578. The number of hydrogen-bond acceptors (Lipinski definition) is 8. The Balaban J connectivity index is 1.70. The molecule has 0 spiro atoms. The van der Waals surface area contributed by atoms with Crippen LogP contribution in [0.3, 0.4) is 0 Å². The summed E-state index contributed by atoms with van der Waals surface area (Å²) in [6, 6.07) is 13.8. The fourth-order valence-electron chi connectivity index (χ4n) is 4.30. The molecule has 0 aromatic heterocycles. The van der Waals surface area contributed by atoms with E-state index in [2.05, 4.69) is 11.0 Å². The normalized spacial score (nSPS) is 17.7. The molecule has 1 saturated heterocycles. The molecule has 1 amide bonds. The van der Waals surface area contributed by atoms with Crippen LogP contribution in [0, 0.1) is 11.3 Å². The number of allylic oxidation sites excluding steroid dienone is 1. The first-order valence-corrected chi connectivity index (χ1v) is 11.9. The summed E-state index contributed by atoms with van der Waals surface area (Å²) in [5.74, 6) is 2.38. The highest BCUT2D eigenvalue weighted by Gasteiger charge is 2.39. The van der Waals surface area contributed by atoms with E-state index in [4.69, 9.17) is 18.9 Å². The van der Waals surface area contributed by atoms with Gasteiger partial charge in [-0.3, -0.25) is 9.69 Å². The van der Waals surface area contributed by atoms with E-state index in [1.807, 2.05) is 43.3 Å². The third-order valence-electron chi connectivity index (χ3n) is 5.89. The molecule has 1 fully saturated rings. The Morgan fingerprint density at radius 3 is 2.41 bits per heavy atom. The summed E-state index contributed by atoms with van der Waals surface area (Å²) in [6.45, 7) is 2.86. The molecule has 2 aromatic rings. The lowest BCUT2D eigenvalue weighted by Crippen LogP contribution is -2.47. The molecular formula is C25H27N3O5S. The predicted molar refractivity (Wildman–Crippen MR) is 130 cm³/mol. The number of amides is 1. The van der Waals surface area contributed by atoms with E-state index in [9.17, 15) is 10.1 Å². The first-order chi connectivity index (χ1) is 16.6. The maximum absolute atomic E-state index is 13.3. The van der Waals surface area contributed by atoms with Crippen molar-refractivity contribution in [1.29, 1.82) is 5.26 Å². The second kappa shape index (κ2) is 10.2. The predicted octanol–water partition coefficient (Wildman–Crippen LogP) is 4.33. The van der Waals surface area contributed by atoms with E-state index in [1.165, 1.54) is 11.8 Å². The molecule has 2 aromatic carbocycles. The molecule has 34 heavy (non-hydrogen) atoms. The van der Waals surface area contributed by atoms with Gasteiger partial charge >= 0.3 is 0 Å². The highest BCUT2D eigenvalue weighted by atomic mass is 32.2. The van der Waals surface area contributed by atoms with E-state index < -0.39 is 5.92 Å². The lowest BCUT2D eigenvalue weighted by molar-refractivity contribution is -0.129. The molecule has 2 aliphatic rings. The van der Waals surface area contributed by atoms with Gasteiger partial charge in [0.05, 0.1) is 62.8 Å². The van der Waals surface area contributed by atoms with Crippen LogP contribution in [-0.2, 0) is 4.79 Å².